The molecule has 0 bridgehead atoms. The third-order valence-electron chi connectivity index (χ3n) is 4.64. The molecule has 2 rings (SSSR count). The summed E-state index contributed by atoms with van der Waals surface area (Å²) < 4.78 is 50.5. The van der Waals surface area contributed by atoms with Gasteiger partial charge in [0.05, 0.1) is 22.8 Å². The number of rotatable bonds is 7. The smallest absolute Gasteiger partial charge is 0.213 e. The van der Waals surface area contributed by atoms with E-state index in [1.54, 1.807) is 13.8 Å². The molecule has 1 fully saturated rings. The van der Waals surface area contributed by atoms with Crippen molar-refractivity contribution in [1.82, 2.24) is 14.9 Å². The van der Waals surface area contributed by atoms with Gasteiger partial charge in [0.1, 0.15) is 0 Å². The fourth-order valence-electron chi connectivity index (χ4n) is 2.88. The number of nitrogens with zero attached hydrogens (tertiary/aromatic N) is 2. The maximum Gasteiger partial charge on any atom is 0.213 e. The largest absolute Gasteiger partial charge is 0.357 e. The molecule has 11 heteroatoms. The first-order valence-electron chi connectivity index (χ1n) is 9.33. The summed E-state index contributed by atoms with van der Waals surface area (Å²) in [5, 5.41) is 3.13. The number of hydrogen-bond donors (Lipinski definition) is 2. The third kappa shape index (κ3) is 7.68. The fourth-order valence-corrected chi connectivity index (χ4v) is 5.11. The Kier molecular flexibility index (Phi) is 9.83. The van der Waals surface area contributed by atoms with Crippen molar-refractivity contribution in [2.75, 3.05) is 37.7 Å². The van der Waals surface area contributed by atoms with Gasteiger partial charge in [0.25, 0.3) is 0 Å². The highest BCUT2D eigenvalue weighted by molar-refractivity contribution is 14.0. The molecular weight excluding hydrogens is 527 g/mol. The Hall–Kier alpha value is -0.920. The molecular formula is C18H31IN4O4S2. The molecule has 1 aromatic rings. The summed E-state index contributed by atoms with van der Waals surface area (Å²) in [6, 6.07) is 9.31. The van der Waals surface area contributed by atoms with Gasteiger partial charge in [0.2, 0.25) is 10.0 Å². The molecule has 0 aromatic heterocycles. The zero-order valence-corrected chi connectivity index (χ0v) is 21.1. The topological polar surface area (TPSA) is 108 Å². The molecule has 0 aliphatic carbocycles. The summed E-state index contributed by atoms with van der Waals surface area (Å²) in [7, 11) is -6.61. The summed E-state index contributed by atoms with van der Waals surface area (Å²) in [6.45, 7) is 6.94. The van der Waals surface area contributed by atoms with Crippen LogP contribution in [0.1, 0.15) is 26.3 Å². The molecule has 8 nitrogen and oxygen atoms in total. The molecule has 0 amide bonds. The van der Waals surface area contributed by atoms with Crippen molar-refractivity contribution in [3.8, 4) is 0 Å². The minimum absolute atomic E-state index is 0. The van der Waals surface area contributed by atoms with E-state index in [9.17, 15) is 16.8 Å². The quantitative estimate of drug-likeness (QED) is 0.296. The van der Waals surface area contributed by atoms with E-state index in [1.165, 1.54) is 0 Å². The second-order valence-electron chi connectivity index (χ2n) is 7.36. The average Bonchev–Trinajstić information content (AvgIpc) is 2.63. The standard InChI is InChI=1S/C18H30N4O4S2.HI/c1-4-19-17(22-11-13-27(23,24)18(2,3)15-22)20-10-12-28(25,26)21-14-16-8-6-5-7-9-16;/h5-9,21H,4,10-15H2,1-3H3,(H,19,20);1H. The van der Waals surface area contributed by atoms with Crippen molar-refractivity contribution in [2.45, 2.75) is 32.1 Å². The van der Waals surface area contributed by atoms with Gasteiger partial charge in [0.15, 0.2) is 15.8 Å². The number of nitrogens with one attached hydrogen (secondary N) is 2. The molecule has 0 unspecified atom stereocenters. The van der Waals surface area contributed by atoms with Gasteiger partial charge in [-0.05, 0) is 26.3 Å². The molecule has 29 heavy (non-hydrogen) atoms. The Balaban J connectivity index is 0.00000420. The lowest BCUT2D eigenvalue weighted by molar-refractivity contribution is 0.353. The van der Waals surface area contributed by atoms with Crippen LogP contribution >= 0.6 is 24.0 Å². The minimum atomic E-state index is -3.46. The lowest BCUT2D eigenvalue weighted by atomic mass is 10.2. The van der Waals surface area contributed by atoms with Crippen LogP contribution < -0.4 is 10.0 Å². The number of halogens is 1. The van der Waals surface area contributed by atoms with Crippen LogP contribution in [0.5, 0.6) is 0 Å². The van der Waals surface area contributed by atoms with Gasteiger partial charge in [-0.2, -0.15) is 0 Å². The van der Waals surface area contributed by atoms with Crippen LogP contribution in [0, 0.1) is 0 Å². The lowest BCUT2D eigenvalue weighted by Crippen LogP contribution is -2.57. The molecule has 0 radical (unpaired) electrons. The van der Waals surface area contributed by atoms with E-state index in [-0.39, 0.29) is 48.6 Å². The van der Waals surface area contributed by atoms with Gasteiger partial charge in [0, 0.05) is 26.2 Å². The summed E-state index contributed by atoms with van der Waals surface area (Å²) in [4.78, 5) is 6.29. The van der Waals surface area contributed by atoms with Crippen molar-refractivity contribution in [2.24, 2.45) is 4.99 Å². The van der Waals surface area contributed by atoms with Crippen LogP contribution in [0.4, 0.5) is 0 Å². The van der Waals surface area contributed by atoms with E-state index < -0.39 is 24.6 Å². The summed E-state index contributed by atoms with van der Waals surface area (Å²) in [6.07, 6.45) is 0. The molecule has 166 valence electrons. The molecule has 0 atom stereocenters. The summed E-state index contributed by atoms with van der Waals surface area (Å²) in [5.74, 6) is 0.467. The van der Waals surface area contributed by atoms with E-state index in [0.717, 1.165) is 5.56 Å². The highest BCUT2D eigenvalue weighted by atomic mass is 127. The molecule has 1 aliphatic heterocycles. The number of hydrogen-bond acceptors (Lipinski definition) is 5. The highest BCUT2D eigenvalue weighted by Gasteiger charge is 2.40. The van der Waals surface area contributed by atoms with Crippen molar-refractivity contribution in [1.29, 1.82) is 0 Å². The third-order valence-corrected chi connectivity index (χ3v) is 8.48. The predicted molar refractivity (Wildman–Crippen MR) is 128 cm³/mol. The maximum atomic E-state index is 12.2. The Morgan fingerprint density at radius 3 is 2.48 bits per heavy atom. The second kappa shape index (κ2) is 10.9. The van der Waals surface area contributed by atoms with E-state index in [1.807, 2.05) is 42.2 Å². The van der Waals surface area contributed by atoms with Crippen LogP contribution in [0.2, 0.25) is 0 Å². The molecule has 0 saturated carbocycles. The SMILES string of the molecule is CCNC(=NCCS(=O)(=O)NCc1ccccc1)N1CCS(=O)(=O)C(C)(C)C1.I. The molecule has 1 heterocycles. The Bertz CT molecular complexity index is 888. The first-order valence-corrected chi connectivity index (χ1v) is 12.6. The Labute approximate surface area is 191 Å². The van der Waals surface area contributed by atoms with E-state index in [2.05, 4.69) is 15.0 Å². The first kappa shape index (κ1) is 26.1. The number of sulfonamides is 1. The zero-order valence-electron chi connectivity index (χ0n) is 17.1. The van der Waals surface area contributed by atoms with Gasteiger partial charge >= 0.3 is 0 Å². The van der Waals surface area contributed by atoms with Gasteiger partial charge in [-0.15, -0.1) is 24.0 Å². The second-order valence-corrected chi connectivity index (χ2v) is 12.0. The predicted octanol–water partition coefficient (Wildman–Crippen LogP) is 1.20. The van der Waals surface area contributed by atoms with Crippen LogP contribution in [-0.4, -0.2) is 70.1 Å². The monoisotopic (exact) mass is 558 g/mol. The highest BCUT2D eigenvalue weighted by Crippen LogP contribution is 2.23. The minimum Gasteiger partial charge on any atom is -0.357 e. The Morgan fingerprint density at radius 1 is 1.24 bits per heavy atom. The van der Waals surface area contributed by atoms with Gasteiger partial charge in [-0.25, -0.2) is 21.6 Å². The van der Waals surface area contributed by atoms with Crippen molar-refractivity contribution in [3.05, 3.63) is 35.9 Å². The van der Waals surface area contributed by atoms with Crippen molar-refractivity contribution < 1.29 is 16.8 Å². The van der Waals surface area contributed by atoms with Crippen molar-refractivity contribution in [3.63, 3.8) is 0 Å². The van der Waals surface area contributed by atoms with Gasteiger partial charge in [-0.3, -0.25) is 4.99 Å². The molecule has 1 saturated heterocycles. The average molecular weight is 559 g/mol. The number of aliphatic imine (C=N–C) groups is 1. The molecule has 1 aliphatic rings. The van der Waals surface area contributed by atoms with E-state index in [0.29, 0.717) is 25.6 Å². The molecule has 0 spiro atoms. The first-order chi connectivity index (χ1) is 13.1. The van der Waals surface area contributed by atoms with E-state index >= 15 is 0 Å². The van der Waals surface area contributed by atoms with Crippen LogP contribution in [0.25, 0.3) is 0 Å². The van der Waals surface area contributed by atoms with Crippen LogP contribution in [0.3, 0.4) is 0 Å². The summed E-state index contributed by atoms with van der Waals surface area (Å²) in [5.41, 5.74) is 0.889. The fraction of sp³-hybridized carbons (Fsp3) is 0.611. The normalized spacial score (nSPS) is 18.7. The van der Waals surface area contributed by atoms with E-state index in [4.69, 9.17) is 0 Å². The molecule has 1 aromatic carbocycles. The maximum absolute atomic E-state index is 12.2. The number of sulfone groups is 1. The molecule has 2 N–H and O–H groups in total. The summed E-state index contributed by atoms with van der Waals surface area (Å²) >= 11 is 0. The number of guanidine groups is 1. The van der Waals surface area contributed by atoms with Gasteiger partial charge < -0.3 is 10.2 Å². The lowest BCUT2D eigenvalue weighted by Gasteiger charge is -2.39. The number of benzene rings is 1. The Morgan fingerprint density at radius 2 is 1.90 bits per heavy atom. The van der Waals surface area contributed by atoms with Crippen molar-refractivity contribution >= 4 is 49.8 Å². The van der Waals surface area contributed by atoms with Crippen LogP contribution in [-0.2, 0) is 26.4 Å². The van der Waals surface area contributed by atoms with Gasteiger partial charge in [-0.1, -0.05) is 30.3 Å². The zero-order chi connectivity index (χ0) is 20.8. The van der Waals surface area contributed by atoms with Crippen LogP contribution in [0.15, 0.2) is 35.3 Å².